The van der Waals surface area contributed by atoms with E-state index in [4.69, 9.17) is 47.0 Å². The molecule has 0 unspecified atom stereocenters. The maximum atomic E-state index is 10.6. The van der Waals surface area contributed by atoms with Gasteiger partial charge in [0, 0.05) is 36.7 Å². The number of nitrogens with two attached hydrogens (primary N) is 4. The minimum absolute atomic E-state index is 0.0368. The Morgan fingerprint density at radius 2 is 1.73 bits per heavy atom. The van der Waals surface area contributed by atoms with E-state index >= 15 is 0 Å². The summed E-state index contributed by atoms with van der Waals surface area (Å²) in [6.45, 7) is 1.41. The third kappa shape index (κ3) is 6.05. The number of halogens is 3. The topological polar surface area (TPSA) is 206 Å². The smallest absolute Gasteiger partial charge is 0.488 e. The molecule has 2 aromatic rings. The van der Waals surface area contributed by atoms with Crippen LogP contribution in [0.1, 0.15) is 16.7 Å². The van der Waals surface area contributed by atoms with E-state index in [9.17, 15) is 18.4 Å². The predicted octanol–water partition coefficient (Wildman–Crippen LogP) is 1.12. The number of benzene rings is 1. The van der Waals surface area contributed by atoms with E-state index in [1.807, 2.05) is 12.1 Å². The highest BCUT2D eigenvalue weighted by Gasteiger charge is 2.38. The Kier molecular flexibility index (Phi) is 8.10. The number of nitriles is 1. The van der Waals surface area contributed by atoms with Crippen molar-refractivity contribution in [3.8, 4) is 29.2 Å². The second-order valence-electron chi connectivity index (χ2n) is 6.44. The van der Waals surface area contributed by atoms with Crippen LogP contribution in [0.4, 0.5) is 24.7 Å². The summed E-state index contributed by atoms with van der Waals surface area (Å²) in [5.74, 6) is -0.840. The molecule has 0 aliphatic carbocycles. The van der Waals surface area contributed by atoms with Crippen LogP contribution in [0.3, 0.4) is 0 Å². The number of alkyl halides is 3. The van der Waals surface area contributed by atoms with Gasteiger partial charge in [-0.2, -0.15) is 23.4 Å². The van der Waals surface area contributed by atoms with Crippen molar-refractivity contribution < 1.29 is 37.3 Å². The minimum atomic E-state index is -5.08. The Hall–Kier alpha value is -3.96. The second kappa shape index (κ2) is 10.6. The van der Waals surface area contributed by atoms with Gasteiger partial charge in [-0.15, -0.1) is 0 Å². The van der Waals surface area contributed by atoms with Gasteiger partial charge in [0.15, 0.2) is 11.5 Å². The number of aromatic nitrogens is 1. The number of nitrogens with zero attached hydrogens (tertiary/aromatic N) is 2. The van der Waals surface area contributed by atoms with Crippen molar-refractivity contribution in [2.45, 2.75) is 12.6 Å². The fourth-order valence-corrected chi connectivity index (χ4v) is 2.68. The molecule has 1 aliphatic heterocycles. The van der Waals surface area contributed by atoms with Crippen molar-refractivity contribution in [2.75, 3.05) is 37.8 Å². The summed E-state index contributed by atoms with van der Waals surface area (Å²) in [4.78, 5) is 13.0. The van der Waals surface area contributed by atoms with E-state index in [0.29, 0.717) is 55.5 Å². The molecule has 33 heavy (non-hydrogen) atoms. The zero-order valence-electron chi connectivity index (χ0n) is 17.1. The number of pyridine rings is 1. The summed E-state index contributed by atoms with van der Waals surface area (Å²) < 4.78 is 48.9. The molecule has 0 spiro atoms. The van der Waals surface area contributed by atoms with E-state index in [0.717, 1.165) is 5.56 Å². The third-order valence-corrected chi connectivity index (χ3v) is 4.14. The van der Waals surface area contributed by atoms with E-state index in [-0.39, 0.29) is 22.9 Å². The van der Waals surface area contributed by atoms with Crippen LogP contribution >= 0.6 is 0 Å². The molecule has 11 nitrogen and oxygen atoms in total. The van der Waals surface area contributed by atoms with Crippen LogP contribution < -0.4 is 37.1 Å². The Morgan fingerprint density at radius 3 is 2.21 bits per heavy atom. The van der Waals surface area contributed by atoms with E-state index < -0.39 is 12.1 Å². The van der Waals surface area contributed by atoms with E-state index in [1.54, 1.807) is 6.07 Å². The number of carboxylic acid groups (broad SMARTS) is 1. The average Bonchev–Trinajstić information content (AvgIpc) is 2.75. The van der Waals surface area contributed by atoms with Crippen LogP contribution in [0, 0.1) is 11.3 Å². The zero-order chi connectivity index (χ0) is 24.8. The first-order valence-electron chi connectivity index (χ1n) is 9.31. The molecule has 178 valence electrons. The fourth-order valence-electron chi connectivity index (χ4n) is 2.68. The molecule has 0 atom stereocenters. The van der Waals surface area contributed by atoms with Crippen molar-refractivity contribution in [1.29, 1.82) is 5.26 Å². The molecule has 2 heterocycles. The van der Waals surface area contributed by atoms with Gasteiger partial charge in [-0.1, -0.05) is 0 Å². The van der Waals surface area contributed by atoms with Gasteiger partial charge in [-0.05, 0) is 6.07 Å². The summed E-state index contributed by atoms with van der Waals surface area (Å²) in [5.41, 5.74) is 24.8. The van der Waals surface area contributed by atoms with Crippen LogP contribution in [0.5, 0.6) is 23.1 Å². The molecule has 9 N–H and O–H groups in total. The fraction of sp³-hybridized carbons (Fsp3) is 0.316. The van der Waals surface area contributed by atoms with Gasteiger partial charge >= 0.3 is 12.1 Å². The number of carboxylic acids is 1. The molecule has 1 aliphatic rings. The molecule has 14 heteroatoms. The summed E-state index contributed by atoms with van der Waals surface area (Å²) in [7, 11) is 0. The highest BCUT2D eigenvalue weighted by Crippen LogP contribution is 2.44. The third-order valence-electron chi connectivity index (χ3n) is 4.14. The Labute approximate surface area is 185 Å². The van der Waals surface area contributed by atoms with Crippen molar-refractivity contribution in [2.24, 2.45) is 11.5 Å². The molecule has 0 amide bonds. The molecule has 0 saturated carbocycles. The Bertz CT molecular complexity index is 1070. The summed E-state index contributed by atoms with van der Waals surface area (Å²) in [6.07, 6.45) is -4.66. The van der Waals surface area contributed by atoms with Crippen molar-refractivity contribution in [1.82, 2.24) is 4.98 Å². The molecule has 0 saturated heterocycles. The average molecular weight is 470 g/mol. The van der Waals surface area contributed by atoms with Gasteiger partial charge < -0.3 is 42.3 Å². The van der Waals surface area contributed by atoms with E-state index in [2.05, 4.69) is 4.98 Å². The quantitative estimate of drug-likeness (QED) is 0.345. The molecule has 0 radical (unpaired) electrons. The number of nitrogen functional groups attached to an aromatic ring is 2. The normalized spacial score (nSPS) is 11.6. The largest absolute Gasteiger partial charge is 0.490 e. The first-order chi connectivity index (χ1) is 15.5. The molecular formula is C19H21F3N6O5. The monoisotopic (exact) mass is 470 g/mol. The van der Waals surface area contributed by atoms with Crippen LogP contribution in [0.25, 0.3) is 0 Å². The summed E-state index contributed by atoms with van der Waals surface area (Å²) in [5, 5.41) is 16.3. The lowest BCUT2D eigenvalue weighted by Crippen LogP contribution is -2.21. The number of hydrogen-bond acceptors (Lipinski definition) is 10. The highest BCUT2D eigenvalue weighted by atomic mass is 19.4. The molecule has 1 aromatic heterocycles. The SMILES string of the molecule is N#Cc1c(N)nc2c(c1N)Cc1cc(OCCN)c(OCCN)cc1O2.O=C(O)C(F)(F)F. The van der Waals surface area contributed by atoms with Crippen molar-refractivity contribution in [3.05, 3.63) is 28.8 Å². The molecule has 0 fully saturated rings. The predicted molar refractivity (Wildman–Crippen MR) is 110 cm³/mol. The maximum Gasteiger partial charge on any atom is 0.490 e. The lowest BCUT2D eigenvalue weighted by atomic mass is 9.98. The first kappa shape index (κ1) is 25.3. The van der Waals surface area contributed by atoms with Gasteiger partial charge in [-0.3, -0.25) is 0 Å². The number of carbonyl (C=O) groups is 1. The number of fused-ring (bicyclic) bond motifs is 2. The minimum Gasteiger partial charge on any atom is -0.488 e. The van der Waals surface area contributed by atoms with Gasteiger partial charge in [0.05, 0.1) is 5.69 Å². The van der Waals surface area contributed by atoms with Gasteiger partial charge in [0.25, 0.3) is 0 Å². The molecule has 1 aromatic carbocycles. The van der Waals surface area contributed by atoms with Gasteiger partial charge in [0.1, 0.15) is 36.4 Å². The Morgan fingerprint density at radius 1 is 1.18 bits per heavy atom. The number of aliphatic carboxylic acids is 1. The lowest BCUT2D eigenvalue weighted by Gasteiger charge is -2.23. The number of hydrogen-bond donors (Lipinski definition) is 5. The highest BCUT2D eigenvalue weighted by molar-refractivity contribution is 5.73. The van der Waals surface area contributed by atoms with Crippen LogP contribution in [0.2, 0.25) is 0 Å². The van der Waals surface area contributed by atoms with E-state index in [1.165, 1.54) is 0 Å². The maximum absolute atomic E-state index is 10.6. The van der Waals surface area contributed by atoms with Crippen LogP contribution in [0.15, 0.2) is 12.1 Å². The van der Waals surface area contributed by atoms with Crippen molar-refractivity contribution in [3.63, 3.8) is 0 Å². The van der Waals surface area contributed by atoms with Crippen LogP contribution in [-0.4, -0.2) is 48.5 Å². The first-order valence-corrected chi connectivity index (χ1v) is 9.31. The van der Waals surface area contributed by atoms with Gasteiger partial charge in [-0.25, -0.2) is 4.79 Å². The number of rotatable bonds is 6. The lowest BCUT2D eigenvalue weighted by molar-refractivity contribution is -0.192. The van der Waals surface area contributed by atoms with Crippen molar-refractivity contribution >= 4 is 17.5 Å². The number of anilines is 2. The van der Waals surface area contributed by atoms with Gasteiger partial charge in [0.2, 0.25) is 5.88 Å². The molecular weight excluding hydrogens is 449 g/mol. The second-order valence-corrected chi connectivity index (χ2v) is 6.44. The van der Waals surface area contributed by atoms with Crippen LogP contribution in [-0.2, 0) is 11.2 Å². The molecule has 3 rings (SSSR count). The zero-order valence-corrected chi connectivity index (χ0v) is 17.1. The Balaban J connectivity index is 0.000000479. The number of ether oxygens (including phenoxy) is 3. The summed E-state index contributed by atoms with van der Waals surface area (Å²) >= 11 is 0. The molecule has 0 bridgehead atoms. The standard InChI is InChI=1S/C17H20N6O3.C2HF3O2/c18-1-3-24-13-6-9-5-10-15(21)11(8-20)16(22)23-17(10)26-12(9)7-14(13)25-4-2-19;3-2(4,5)1(6)7/h6-7H,1-5,18-19H2,(H4,21,22,23);(H,6,7). The summed E-state index contributed by atoms with van der Waals surface area (Å²) in [6, 6.07) is 5.49.